The van der Waals surface area contributed by atoms with E-state index in [4.69, 9.17) is 4.74 Å². The molecule has 1 aromatic heterocycles. The topological polar surface area (TPSA) is 97.4 Å². The minimum absolute atomic E-state index is 0.182. The summed E-state index contributed by atoms with van der Waals surface area (Å²) in [4.78, 5) is 16.3. The Morgan fingerprint density at radius 3 is 2.76 bits per heavy atom. The second-order valence-electron chi connectivity index (χ2n) is 6.14. The van der Waals surface area contributed by atoms with Gasteiger partial charge < -0.3 is 10.1 Å². The van der Waals surface area contributed by atoms with Crippen LogP contribution in [0.4, 0.5) is 4.39 Å². The first kappa shape index (κ1) is 20.7. The number of carbonyl (C=O) groups excluding carboxylic acids is 1. The second-order valence-corrected chi connectivity index (χ2v) is 8.02. The molecule has 3 rings (SSSR count). The smallest absolute Gasteiger partial charge is 0.254 e. The molecule has 0 saturated carbocycles. The summed E-state index contributed by atoms with van der Waals surface area (Å²) in [5.41, 5.74) is 0.421. The van der Waals surface area contributed by atoms with Gasteiger partial charge in [-0.05, 0) is 43.8 Å². The molecule has 0 saturated heterocycles. The van der Waals surface area contributed by atoms with Gasteiger partial charge in [0.1, 0.15) is 17.1 Å². The Kier molecular flexibility index (Phi) is 6.40. The number of sulfonamides is 1. The first-order valence-corrected chi connectivity index (χ1v) is 10.4. The minimum atomic E-state index is -3.77. The standard InChI is InChI=1S/C20H20FN3O4S/c1-22-29(26,27)15-8-9-17(21)16(13-15)20(25)24-11-4-12-28-18-7-2-5-14-6-3-10-23-19(14)18/h2-3,5-10,13,22H,4,11-12H2,1H3,(H,24,25). The highest BCUT2D eigenvalue weighted by atomic mass is 32.2. The molecule has 1 heterocycles. The van der Waals surface area contributed by atoms with Crippen LogP contribution in [-0.4, -0.2) is 39.5 Å². The molecule has 2 aromatic carbocycles. The number of amides is 1. The Hall–Kier alpha value is -3.04. The molecule has 3 aromatic rings. The Balaban J connectivity index is 1.56. The van der Waals surface area contributed by atoms with E-state index >= 15 is 0 Å². The van der Waals surface area contributed by atoms with Gasteiger partial charge in [0.05, 0.1) is 17.1 Å². The van der Waals surface area contributed by atoms with Crippen LogP contribution in [0.5, 0.6) is 5.75 Å². The highest BCUT2D eigenvalue weighted by molar-refractivity contribution is 7.89. The quantitative estimate of drug-likeness (QED) is 0.549. The van der Waals surface area contributed by atoms with E-state index in [9.17, 15) is 17.6 Å². The summed E-state index contributed by atoms with van der Waals surface area (Å²) in [7, 11) is -2.53. The number of para-hydroxylation sites is 1. The van der Waals surface area contributed by atoms with Gasteiger partial charge in [-0.1, -0.05) is 18.2 Å². The number of fused-ring (bicyclic) bond motifs is 1. The first-order valence-electron chi connectivity index (χ1n) is 8.90. The summed E-state index contributed by atoms with van der Waals surface area (Å²) in [6.07, 6.45) is 2.16. The van der Waals surface area contributed by atoms with Gasteiger partial charge in [-0.2, -0.15) is 0 Å². The van der Waals surface area contributed by atoms with E-state index in [1.165, 1.54) is 7.05 Å². The number of aromatic nitrogens is 1. The molecule has 9 heteroatoms. The van der Waals surface area contributed by atoms with E-state index < -0.39 is 21.7 Å². The van der Waals surface area contributed by atoms with Crippen molar-refractivity contribution in [2.24, 2.45) is 0 Å². The maximum Gasteiger partial charge on any atom is 0.254 e. The van der Waals surface area contributed by atoms with Crippen molar-refractivity contribution in [3.63, 3.8) is 0 Å². The first-order chi connectivity index (χ1) is 13.9. The van der Waals surface area contributed by atoms with Crippen LogP contribution in [0.3, 0.4) is 0 Å². The molecule has 0 fully saturated rings. The van der Waals surface area contributed by atoms with Crippen molar-refractivity contribution in [3.8, 4) is 5.75 Å². The van der Waals surface area contributed by atoms with Crippen LogP contribution >= 0.6 is 0 Å². The summed E-state index contributed by atoms with van der Waals surface area (Å²) in [5.74, 6) is -0.844. The predicted octanol–water partition coefficient (Wildman–Crippen LogP) is 2.48. The Morgan fingerprint density at radius 1 is 1.17 bits per heavy atom. The van der Waals surface area contributed by atoms with Crippen molar-refractivity contribution in [1.82, 2.24) is 15.0 Å². The zero-order valence-electron chi connectivity index (χ0n) is 15.7. The van der Waals surface area contributed by atoms with E-state index in [2.05, 4.69) is 15.0 Å². The van der Waals surface area contributed by atoms with E-state index in [1.54, 1.807) is 6.20 Å². The number of ether oxygens (including phenoxy) is 1. The molecule has 0 unspecified atom stereocenters. The summed E-state index contributed by atoms with van der Waals surface area (Å²) < 4.78 is 45.5. The highest BCUT2D eigenvalue weighted by Crippen LogP contribution is 2.22. The summed E-state index contributed by atoms with van der Waals surface area (Å²) in [5, 5.41) is 3.53. The molecule has 7 nitrogen and oxygen atoms in total. The Bertz CT molecular complexity index is 1130. The van der Waals surface area contributed by atoms with E-state index in [-0.39, 0.29) is 17.0 Å². The van der Waals surface area contributed by atoms with Crippen molar-refractivity contribution in [2.45, 2.75) is 11.3 Å². The van der Waals surface area contributed by atoms with Gasteiger partial charge in [0.2, 0.25) is 10.0 Å². The average molecular weight is 417 g/mol. The van der Waals surface area contributed by atoms with Crippen LogP contribution in [0.15, 0.2) is 59.6 Å². The van der Waals surface area contributed by atoms with Gasteiger partial charge in [-0.25, -0.2) is 17.5 Å². The van der Waals surface area contributed by atoms with Crippen molar-refractivity contribution in [3.05, 3.63) is 66.1 Å². The van der Waals surface area contributed by atoms with Crippen molar-refractivity contribution < 1.29 is 22.3 Å². The van der Waals surface area contributed by atoms with Gasteiger partial charge in [0, 0.05) is 18.1 Å². The Labute approximate surface area is 168 Å². The van der Waals surface area contributed by atoms with Gasteiger partial charge in [0.15, 0.2) is 0 Å². The number of rotatable bonds is 8. The normalized spacial score (nSPS) is 11.4. The van der Waals surface area contributed by atoms with E-state index in [0.29, 0.717) is 18.8 Å². The lowest BCUT2D eigenvalue weighted by Gasteiger charge is -2.10. The van der Waals surface area contributed by atoms with Crippen molar-refractivity contribution >= 4 is 26.8 Å². The second kappa shape index (κ2) is 8.97. The number of carbonyl (C=O) groups is 1. The molecule has 0 aliphatic rings. The zero-order chi connectivity index (χ0) is 20.9. The maximum absolute atomic E-state index is 13.9. The van der Waals surface area contributed by atoms with Gasteiger partial charge in [-0.15, -0.1) is 0 Å². The van der Waals surface area contributed by atoms with Gasteiger partial charge >= 0.3 is 0 Å². The molecular formula is C20H20FN3O4S. The van der Waals surface area contributed by atoms with Crippen LogP contribution in [-0.2, 0) is 10.0 Å². The molecule has 29 heavy (non-hydrogen) atoms. The van der Waals surface area contributed by atoms with Gasteiger partial charge in [-0.3, -0.25) is 9.78 Å². The molecule has 2 N–H and O–H groups in total. The van der Waals surface area contributed by atoms with E-state index in [1.807, 2.05) is 30.3 Å². The lowest BCUT2D eigenvalue weighted by Crippen LogP contribution is -2.27. The molecule has 0 aliphatic heterocycles. The summed E-state index contributed by atoms with van der Waals surface area (Å²) in [6.45, 7) is 0.562. The fourth-order valence-corrected chi connectivity index (χ4v) is 3.46. The molecule has 0 radical (unpaired) electrons. The molecule has 0 bridgehead atoms. The number of benzene rings is 2. The lowest BCUT2D eigenvalue weighted by molar-refractivity contribution is 0.0947. The van der Waals surface area contributed by atoms with Crippen LogP contribution < -0.4 is 14.8 Å². The minimum Gasteiger partial charge on any atom is -0.491 e. The molecule has 152 valence electrons. The zero-order valence-corrected chi connectivity index (χ0v) is 16.5. The molecule has 0 aliphatic carbocycles. The fourth-order valence-electron chi connectivity index (χ4n) is 2.71. The third-order valence-corrected chi connectivity index (χ3v) is 5.63. The molecule has 0 atom stereocenters. The fraction of sp³-hybridized carbons (Fsp3) is 0.200. The molecule has 0 spiro atoms. The number of hydrogen-bond acceptors (Lipinski definition) is 5. The van der Waals surface area contributed by atoms with Crippen LogP contribution in [0, 0.1) is 5.82 Å². The lowest BCUT2D eigenvalue weighted by atomic mass is 10.2. The monoisotopic (exact) mass is 417 g/mol. The summed E-state index contributed by atoms with van der Waals surface area (Å²) >= 11 is 0. The SMILES string of the molecule is CNS(=O)(=O)c1ccc(F)c(C(=O)NCCCOc2cccc3cccnc23)c1. The van der Waals surface area contributed by atoms with Crippen molar-refractivity contribution in [2.75, 3.05) is 20.2 Å². The third-order valence-electron chi connectivity index (χ3n) is 4.22. The van der Waals surface area contributed by atoms with E-state index in [0.717, 1.165) is 29.1 Å². The summed E-state index contributed by atoms with van der Waals surface area (Å²) in [6, 6.07) is 12.5. The number of nitrogens with zero attached hydrogens (tertiary/aromatic N) is 1. The number of hydrogen-bond donors (Lipinski definition) is 2. The largest absolute Gasteiger partial charge is 0.491 e. The number of nitrogens with one attached hydrogen (secondary N) is 2. The number of halogens is 1. The maximum atomic E-state index is 13.9. The van der Waals surface area contributed by atoms with Crippen LogP contribution in [0.2, 0.25) is 0 Å². The van der Waals surface area contributed by atoms with Gasteiger partial charge in [0.25, 0.3) is 5.91 Å². The van der Waals surface area contributed by atoms with Crippen molar-refractivity contribution in [1.29, 1.82) is 0 Å². The molecule has 1 amide bonds. The Morgan fingerprint density at radius 2 is 1.97 bits per heavy atom. The number of pyridine rings is 1. The highest BCUT2D eigenvalue weighted by Gasteiger charge is 2.18. The molecular weight excluding hydrogens is 397 g/mol. The third kappa shape index (κ3) is 4.87. The predicted molar refractivity (Wildman–Crippen MR) is 107 cm³/mol. The van der Waals surface area contributed by atoms with Crippen LogP contribution in [0.25, 0.3) is 10.9 Å². The average Bonchev–Trinajstić information content (AvgIpc) is 2.73. The van der Waals surface area contributed by atoms with Crippen LogP contribution in [0.1, 0.15) is 16.8 Å².